The first-order valence-electron chi connectivity index (χ1n) is 28.5. The molecule has 1 spiro atoms. The molecule has 0 radical (unpaired) electrons. The number of esters is 1. The van der Waals surface area contributed by atoms with E-state index in [2.05, 4.69) is 21.4 Å². The van der Waals surface area contributed by atoms with Crippen LogP contribution in [0.15, 0.2) is 60.2 Å². The van der Waals surface area contributed by atoms with Crippen LogP contribution >= 0.6 is 0 Å². The molecule has 4 aliphatic rings. The molecule has 3 fully saturated rings. The number of carbonyl (C=O) groups excluding carboxylic acids is 6. The van der Waals surface area contributed by atoms with Crippen LogP contribution in [-0.4, -0.2) is 149 Å². The molecule has 20 heteroatoms. The van der Waals surface area contributed by atoms with Crippen LogP contribution in [0.4, 0.5) is 0 Å². The van der Waals surface area contributed by atoms with E-state index in [4.69, 9.17) is 9.47 Å². The number of hydrazine groups is 1. The number of rotatable bonds is 15. The van der Waals surface area contributed by atoms with Gasteiger partial charge in [0.15, 0.2) is 0 Å². The van der Waals surface area contributed by atoms with E-state index in [1.54, 1.807) is 32.9 Å². The number of aromatic hydroxyl groups is 1. The van der Waals surface area contributed by atoms with Gasteiger partial charge in [-0.1, -0.05) is 97.9 Å². The number of Topliss-reactive ketones (excluding diaryl/α,β-unsaturated/α-hetero) is 1. The van der Waals surface area contributed by atoms with Gasteiger partial charge in [0.2, 0.25) is 17.7 Å². The number of aliphatic hydroxyl groups excluding tert-OH is 6. The summed E-state index contributed by atoms with van der Waals surface area (Å²) >= 11 is 0. The number of aliphatic hydroxyl groups is 6. The third-order valence-electron chi connectivity index (χ3n) is 17.1. The highest BCUT2D eigenvalue weighted by molar-refractivity contribution is 5.93. The van der Waals surface area contributed by atoms with Gasteiger partial charge in [-0.15, -0.1) is 0 Å². The van der Waals surface area contributed by atoms with E-state index in [-0.39, 0.29) is 97.7 Å². The second-order valence-electron chi connectivity index (χ2n) is 23.4. The molecule has 1 aromatic rings. The molecule has 20 nitrogen and oxygen atoms in total. The zero-order valence-electron chi connectivity index (χ0n) is 47.8. The Labute approximate surface area is 465 Å². The topological polar surface area (TPSA) is 314 Å². The van der Waals surface area contributed by atoms with E-state index in [0.29, 0.717) is 31.3 Å². The quantitative estimate of drug-likeness (QED) is 0.0881. The van der Waals surface area contributed by atoms with Crippen molar-refractivity contribution in [2.45, 2.75) is 206 Å². The first-order valence-corrected chi connectivity index (χ1v) is 28.5. The summed E-state index contributed by atoms with van der Waals surface area (Å²) in [5.74, 6) is -7.59. The van der Waals surface area contributed by atoms with Crippen molar-refractivity contribution < 1.29 is 74.0 Å². The Morgan fingerprint density at radius 1 is 0.899 bits per heavy atom. The van der Waals surface area contributed by atoms with Crippen LogP contribution in [0.5, 0.6) is 5.75 Å². The van der Waals surface area contributed by atoms with Gasteiger partial charge in [-0.05, 0) is 93.9 Å². The molecule has 2 bridgehead atoms. The molecule has 4 aliphatic heterocycles. The highest BCUT2D eigenvalue weighted by Crippen LogP contribution is 2.46. The predicted molar refractivity (Wildman–Crippen MR) is 293 cm³/mol. The predicted octanol–water partition coefficient (Wildman–Crippen LogP) is 3.70. The van der Waals surface area contributed by atoms with Crippen LogP contribution in [0.1, 0.15) is 145 Å². The number of fused-ring (bicyclic) bond motifs is 2. The van der Waals surface area contributed by atoms with Gasteiger partial charge in [0.25, 0.3) is 5.91 Å². The van der Waals surface area contributed by atoms with Crippen molar-refractivity contribution in [1.29, 1.82) is 0 Å². The molecular weight excluding hydrogens is 1020 g/mol. The van der Waals surface area contributed by atoms with Gasteiger partial charge in [0.1, 0.15) is 41.5 Å². The largest absolute Gasteiger partial charge is 0.508 e. The van der Waals surface area contributed by atoms with E-state index in [1.165, 1.54) is 61.3 Å². The number of allylic oxidation sites excluding steroid dienone is 2. The summed E-state index contributed by atoms with van der Waals surface area (Å²) in [6.45, 7) is 17.5. The number of cyclic esters (lactones) is 1. The lowest BCUT2D eigenvalue weighted by molar-refractivity contribution is -0.267. The molecule has 3 saturated heterocycles. The minimum Gasteiger partial charge on any atom is -0.508 e. The summed E-state index contributed by atoms with van der Waals surface area (Å²) in [6, 6.07) is 1.96. The van der Waals surface area contributed by atoms with E-state index in [1.807, 2.05) is 34.6 Å². The fraction of sp³-hybridized carbons (Fsp3) is 0.695. The van der Waals surface area contributed by atoms with Gasteiger partial charge < -0.3 is 66.0 Å². The van der Waals surface area contributed by atoms with Gasteiger partial charge in [0.05, 0.1) is 48.6 Å². The Balaban J connectivity index is 1.36. The average molecular weight is 1110 g/mol. The summed E-state index contributed by atoms with van der Waals surface area (Å²) in [7, 11) is 0. The van der Waals surface area contributed by atoms with Gasteiger partial charge in [-0.2, -0.15) is 0 Å². The maximum absolute atomic E-state index is 14.6. The Bertz CT molecular complexity index is 2350. The third kappa shape index (κ3) is 16.5. The molecule has 79 heavy (non-hydrogen) atoms. The number of hydrogen-bond donors (Lipinski definition) is 11. The van der Waals surface area contributed by atoms with Crippen molar-refractivity contribution in [3.63, 3.8) is 0 Å². The van der Waals surface area contributed by atoms with E-state index in [0.717, 1.165) is 0 Å². The van der Waals surface area contributed by atoms with Crippen molar-refractivity contribution in [3.8, 4) is 5.75 Å². The number of hydrogen-bond acceptors (Lipinski definition) is 16. The second-order valence-corrected chi connectivity index (χ2v) is 23.4. The van der Waals surface area contributed by atoms with Gasteiger partial charge in [0, 0.05) is 55.4 Å². The molecule has 4 amide bonds. The molecule has 19 atom stereocenters. The number of carbonyl (C=O) groups is 6. The number of amides is 4. The fourth-order valence-corrected chi connectivity index (χ4v) is 11.5. The maximum Gasteiger partial charge on any atom is 0.325 e. The Hall–Kier alpha value is -5.06. The number of phenolic OH excluding ortho intramolecular Hbond substituents is 1. The van der Waals surface area contributed by atoms with Gasteiger partial charge in [-0.25, -0.2) is 5.43 Å². The normalized spacial score (nSPS) is 35.4. The molecule has 0 saturated carbocycles. The number of phenols is 1. The third-order valence-corrected chi connectivity index (χ3v) is 17.1. The van der Waals surface area contributed by atoms with E-state index >= 15 is 0 Å². The molecule has 5 rings (SSSR count). The van der Waals surface area contributed by atoms with Crippen LogP contribution in [0.3, 0.4) is 0 Å². The summed E-state index contributed by atoms with van der Waals surface area (Å²) in [5, 5.41) is 88.7. The van der Waals surface area contributed by atoms with E-state index < -0.39 is 114 Å². The lowest BCUT2D eigenvalue weighted by Crippen LogP contribution is -2.71. The Kier molecular flexibility index (Phi) is 23.8. The minimum absolute atomic E-state index is 0.0437. The SMILES string of the molecule is CC[C@H]1C[C@H](C)[C@@]2(NC1=O)O[C@@H](C[C@H](O)[C@@H](C)CC[C@H](O)[C@@H](O)/C=C(\C)[C@@H]1C/C=C/C=C/[C@H](O)[C@H](C)[C@@H](O)[C@@H](CCC(C)=O)C(=O)N[C@@H](C(C)C)C(=O)NC(c3cccc(O)c3)C(=O)N3CCCC(N3)C(=O)O1)[C@H](C)[C@H](O)[C@@H]2C. The smallest absolute Gasteiger partial charge is 0.325 e. The van der Waals surface area contributed by atoms with Crippen LogP contribution < -0.4 is 21.4 Å². The molecule has 4 heterocycles. The number of ether oxygens (including phenoxy) is 2. The first-order chi connectivity index (χ1) is 37.2. The van der Waals surface area contributed by atoms with Crippen molar-refractivity contribution >= 4 is 35.4 Å². The number of benzene rings is 1. The minimum atomic E-state index is -1.49. The zero-order chi connectivity index (χ0) is 58.6. The number of piperidine rings is 1. The molecule has 0 aromatic heterocycles. The second kappa shape index (κ2) is 29.1. The van der Waals surface area contributed by atoms with Crippen LogP contribution in [0.25, 0.3) is 0 Å². The van der Waals surface area contributed by atoms with Crippen molar-refractivity contribution in [3.05, 3.63) is 65.8 Å². The summed E-state index contributed by atoms with van der Waals surface area (Å²) in [4.78, 5) is 82.2. The number of ketones is 1. The highest BCUT2D eigenvalue weighted by Gasteiger charge is 2.57. The maximum atomic E-state index is 14.6. The van der Waals surface area contributed by atoms with Crippen LogP contribution in [0.2, 0.25) is 0 Å². The van der Waals surface area contributed by atoms with Gasteiger partial charge >= 0.3 is 5.97 Å². The first kappa shape index (κ1) is 64.8. The fourth-order valence-electron chi connectivity index (χ4n) is 11.5. The summed E-state index contributed by atoms with van der Waals surface area (Å²) in [6.07, 6.45) is 1.01. The lowest BCUT2D eigenvalue weighted by Gasteiger charge is -2.56. The molecule has 1 aromatic carbocycles. The van der Waals surface area contributed by atoms with Gasteiger partial charge in [-0.3, -0.25) is 29.0 Å². The van der Waals surface area contributed by atoms with Crippen molar-refractivity contribution in [2.24, 2.45) is 47.3 Å². The molecule has 2 unspecified atom stereocenters. The highest BCUT2D eigenvalue weighted by atomic mass is 16.5. The van der Waals surface area contributed by atoms with Crippen molar-refractivity contribution in [2.75, 3.05) is 6.54 Å². The van der Waals surface area contributed by atoms with Crippen LogP contribution in [-0.2, 0) is 38.2 Å². The Morgan fingerprint density at radius 2 is 1.61 bits per heavy atom. The standard InChI is InChI=1S/C59H91N5O15/c1-11-39-28-34(6)59(62-54(39)73)38(10)52(71)37(9)49(79-59)30-46(69)32(4)22-25-45(68)47(70)27-33(5)48-21-14-12-13-20-44(67)36(8)53(72)42(24-23-35(7)65)55(74)60-50(31(2)3)56(75)61-51(40-17-15-18-41(66)29-40)57(76)64-26-16-19-43(63-64)58(77)78-48/h12-15,17-18,20,27,29,31-32,34,36-39,42-53,63,66-72H,11,16,19,21-26,28,30H2,1-10H3,(H,60,74)(H,61,75)(H,62,73)/b14-12+,20-13+,33-27+/t32-,34-,36-,37-,38-,39-,42+,43?,44-,45-,46-,47-,48-,49-,50-,51?,52-,53+,59+/m0/s1. The lowest BCUT2D eigenvalue weighted by atomic mass is 9.69. The average Bonchev–Trinajstić information content (AvgIpc) is 3.52. The molecule has 442 valence electrons. The summed E-state index contributed by atoms with van der Waals surface area (Å²) in [5.41, 5.74) is 2.44. The van der Waals surface area contributed by atoms with E-state index in [9.17, 15) is 64.5 Å². The Morgan fingerprint density at radius 3 is 2.27 bits per heavy atom. The monoisotopic (exact) mass is 1110 g/mol. The molecular formula is C59H91N5O15. The number of nitrogens with one attached hydrogen (secondary N) is 4. The van der Waals surface area contributed by atoms with Crippen LogP contribution in [0, 0.1) is 47.3 Å². The summed E-state index contributed by atoms with van der Waals surface area (Å²) < 4.78 is 12.8. The molecule has 0 aliphatic carbocycles. The number of nitrogens with zero attached hydrogens (tertiary/aromatic N) is 1. The van der Waals surface area contributed by atoms with Crippen molar-refractivity contribution in [1.82, 2.24) is 26.4 Å². The zero-order valence-corrected chi connectivity index (χ0v) is 47.8. The molecule has 11 N–H and O–H groups in total.